The normalized spacial score (nSPS) is 19.7. The molecule has 1 atom stereocenters. The Hall–Kier alpha value is -2.41. The number of methoxy groups -OCH3 is 2. The molecule has 7 nitrogen and oxygen atoms in total. The van der Waals surface area contributed by atoms with E-state index in [0.29, 0.717) is 6.04 Å². The van der Waals surface area contributed by atoms with Crippen LogP contribution < -0.4 is 25.0 Å². The van der Waals surface area contributed by atoms with Crippen LogP contribution in [0, 0.1) is 0 Å². The van der Waals surface area contributed by atoms with Crippen molar-refractivity contribution in [2.24, 2.45) is 4.99 Å². The van der Waals surface area contributed by atoms with Gasteiger partial charge in [-0.3, -0.25) is 4.99 Å². The van der Waals surface area contributed by atoms with Gasteiger partial charge in [-0.15, -0.1) is 0 Å². The number of nitrogens with zero attached hydrogens (tertiary/aromatic N) is 2. The third-order valence-electron chi connectivity index (χ3n) is 5.33. The monoisotopic (exact) mass is 402 g/mol. The Labute approximate surface area is 174 Å². The third-order valence-corrected chi connectivity index (χ3v) is 5.33. The molecule has 3 rings (SSSR count). The maximum Gasteiger partial charge on any atom is 0.191 e. The summed E-state index contributed by atoms with van der Waals surface area (Å²) >= 11 is 0. The minimum atomic E-state index is 0.354. The van der Waals surface area contributed by atoms with Crippen molar-refractivity contribution in [1.29, 1.82) is 0 Å². The number of rotatable bonds is 8. The van der Waals surface area contributed by atoms with Gasteiger partial charge in [0.05, 0.1) is 27.4 Å². The van der Waals surface area contributed by atoms with Crippen LogP contribution in [0.5, 0.6) is 11.5 Å². The van der Waals surface area contributed by atoms with Gasteiger partial charge >= 0.3 is 0 Å². The van der Waals surface area contributed by atoms with Gasteiger partial charge in [0, 0.05) is 56.1 Å². The molecule has 2 aliphatic heterocycles. The van der Waals surface area contributed by atoms with Crippen LogP contribution in [0.15, 0.2) is 34.8 Å². The van der Waals surface area contributed by atoms with Gasteiger partial charge in [0.25, 0.3) is 0 Å². The van der Waals surface area contributed by atoms with Crippen LogP contribution in [0.3, 0.4) is 0 Å². The van der Waals surface area contributed by atoms with Crippen molar-refractivity contribution in [1.82, 2.24) is 10.6 Å². The second-order valence-electron chi connectivity index (χ2n) is 7.34. The molecule has 0 aromatic heterocycles. The summed E-state index contributed by atoms with van der Waals surface area (Å²) in [6, 6.07) is 6.38. The Balaban J connectivity index is 1.56. The fourth-order valence-corrected chi connectivity index (χ4v) is 3.70. The van der Waals surface area contributed by atoms with Crippen molar-refractivity contribution in [2.75, 3.05) is 58.5 Å². The molecular weight excluding hydrogens is 368 g/mol. The summed E-state index contributed by atoms with van der Waals surface area (Å²) in [6.45, 7) is 7.23. The topological polar surface area (TPSA) is 67.4 Å². The van der Waals surface area contributed by atoms with E-state index in [1.165, 1.54) is 5.57 Å². The zero-order chi connectivity index (χ0) is 20.5. The average molecular weight is 403 g/mol. The number of hydrogen-bond acceptors (Lipinski definition) is 5. The lowest BCUT2D eigenvalue weighted by molar-refractivity contribution is 0.153. The van der Waals surface area contributed by atoms with E-state index in [9.17, 15) is 0 Å². The van der Waals surface area contributed by atoms with E-state index in [2.05, 4.69) is 40.7 Å². The van der Waals surface area contributed by atoms with Crippen LogP contribution in [-0.4, -0.2) is 65.6 Å². The summed E-state index contributed by atoms with van der Waals surface area (Å²) in [7, 11) is 3.37. The second-order valence-corrected chi connectivity index (χ2v) is 7.34. The molecule has 2 aliphatic rings. The lowest BCUT2D eigenvalue weighted by Crippen LogP contribution is -2.44. The molecular formula is C22H34N4O3. The molecule has 1 unspecified atom stereocenters. The Morgan fingerprint density at radius 1 is 1.24 bits per heavy atom. The number of guanidine groups is 1. The van der Waals surface area contributed by atoms with E-state index in [-0.39, 0.29) is 0 Å². The number of aliphatic imine (C=N–C) groups is 1. The van der Waals surface area contributed by atoms with Crippen LogP contribution in [0.25, 0.3) is 0 Å². The minimum Gasteiger partial charge on any atom is -0.497 e. The number of anilines is 1. The van der Waals surface area contributed by atoms with Crippen LogP contribution in [0.1, 0.15) is 26.2 Å². The number of nitrogens with one attached hydrogen (secondary N) is 2. The molecule has 2 N–H and O–H groups in total. The summed E-state index contributed by atoms with van der Waals surface area (Å²) in [5.74, 6) is 2.52. The highest BCUT2D eigenvalue weighted by Gasteiger charge is 2.24. The van der Waals surface area contributed by atoms with E-state index < -0.39 is 0 Å². The SMILES string of the molecule is CCNC(=NCCC1=CCOCC1)NC1CCN(c2cc(OC)cc(OC)c2)C1. The third kappa shape index (κ3) is 6.29. The van der Waals surface area contributed by atoms with Gasteiger partial charge in [0.2, 0.25) is 0 Å². The standard InChI is InChI=1S/C22H34N4O3/c1-4-23-22(24-9-5-17-7-11-29-12-8-17)25-18-6-10-26(16-18)19-13-20(27-2)15-21(14-19)28-3/h7,13-15,18H,4-6,8-12,16H2,1-3H3,(H2,23,24,25). The predicted octanol–water partition coefficient (Wildman–Crippen LogP) is 2.57. The molecule has 0 bridgehead atoms. The number of ether oxygens (including phenoxy) is 3. The average Bonchev–Trinajstić information content (AvgIpc) is 3.23. The summed E-state index contributed by atoms with van der Waals surface area (Å²) in [5.41, 5.74) is 2.58. The van der Waals surface area contributed by atoms with Gasteiger partial charge in [-0.1, -0.05) is 11.6 Å². The van der Waals surface area contributed by atoms with Crippen LogP contribution in [0.4, 0.5) is 5.69 Å². The molecule has 0 aliphatic carbocycles. The van der Waals surface area contributed by atoms with E-state index in [1.54, 1.807) is 14.2 Å². The zero-order valence-corrected chi connectivity index (χ0v) is 17.9. The van der Waals surface area contributed by atoms with Gasteiger partial charge in [-0.25, -0.2) is 0 Å². The fourth-order valence-electron chi connectivity index (χ4n) is 3.70. The van der Waals surface area contributed by atoms with Gasteiger partial charge < -0.3 is 29.7 Å². The lowest BCUT2D eigenvalue weighted by Gasteiger charge is -2.21. The Bertz CT molecular complexity index is 698. The molecule has 29 heavy (non-hydrogen) atoms. The number of hydrogen-bond donors (Lipinski definition) is 2. The van der Waals surface area contributed by atoms with Crippen molar-refractivity contribution in [3.05, 3.63) is 29.8 Å². The maximum absolute atomic E-state index is 5.41. The first-order valence-corrected chi connectivity index (χ1v) is 10.5. The minimum absolute atomic E-state index is 0.354. The smallest absolute Gasteiger partial charge is 0.191 e. The maximum atomic E-state index is 5.41. The second kappa shape index (κ2) is 11.0. The first-order chi connectivity index (χ1) is 14.2. The lowest BCUT2D eigenvalue weighted by atomic mass is 10.1. The van der Waals surface area contributed by atoms with Gasteiger partial charge in [-0.05, 0) is 26.2 Å². The van der Waals surface area contributed by atoms with Crippen LogP contribution in [-0.2, 0) is 4.74 Å². The van der Waals surface area contributed by atoms with Crippen LogP contribution >= 0.6 is 0 Å². The molecule has 7 heteroatoms. The highest BCUT2D eigenvalue weighted by molar-refractivity contribution is 5.80. The molecule has 0 spiro atoms. The van der Waals surface area contributed by atoms with Crippen molar-refractivity contribution in [3.63, 3.8) is 0 Å². The highest BCUT2D eigenvalue weighted by Crippen LogP contribution is 2.30. The summed E-state index contributed by atoms with van der Waals surface area (Å²) < 4.78 is 16.2. The Kier molecular flexibility index (Phi) is 8.04. The first-order valence-electron chi connectivity index (χ1n) is 10.5. The highest BCUT2D eigenvalue weighted by atomic mass is 16.5. The summed E-state index contributed by atoms with van der Waals surface area (Å²) in [6.07, 6.45) is 5.28. The Morgan fingerprint density at radius 3 is 2.69 bits per heavy atom. The van der Waals surface area contributed by atoms with Crippen molar-refractivity contribution < 1.29 is 14.2 Å². The Morgan fingerprint density at radius 2 is 2.03 bits per heavy atom. The van der Waals surface area contributed by atoms with Gasteiger partial charge in [0.15, 0.2) is 5.96 Å². The van der Waals surface area contributed by atoms with E-state index in [0.717, 1.165) is 81.8 Å². The van der Waals surface area contributed by atoms with Crippen molar-refractivity contribution in [3.8, 4) is 11.5 Å². The summed E-state index contributed by atoms with van der Waals surface area (Å²) in [5, 5.41) is 6.98. The van der Waals surface area contributed by atoms with Gasteiger partial charge in [-0.2, -0.15) is 0 Å². The zero-order valence-electron chi connectivity index (χ0n) is 17.9. The summed E-state index contributed by atoms with van der Waals surface area (Å²) in [4.78, 5) is 7.14. The molecule has 1 aromatic rings. The van der Waals surface area contributed by atoms with Crippen LogP contribution in [0.2, 0.25) is 0 Å². The molecule has 160 valence electrons. The molecule has 0 radical (unpaired) electrons. The van der Waals surface area contributed by atoms with Crippen molar-refractivity contribution >= 4 is 11.6 Å². The predicted molar refractivity (Wildman–Crippen MR) is 117 cm³/mol. The van der Waals surface area contributed by atoms with E-state index >= 15 is 0 Å². The quantitative estimate of drug-likeness (QED) is 0.396. The fraction of sp³-hybridized carbons (Fsp3) is 0.591. The first kappa shape index (κ1) is 21.3. The molecule has 2 heterocycles. The molecule has 1 aromatic carbocycles. The number of benzene rings is 1. The molecule has 1 fully saturated rings. The molecule has 0 amide bonds. The van der Waals surface area contributed by atoms with E-state index in [4.69, 9.17) is 19.2 Å². The molecule has 0 saturated carbocycles. The van der Waals surface area contributed by atoms with E-state index in [1.807, 2.05) is 6.07 Å². The van der Waals surface area contributed by atoms with Gasteiger partial charge in [0.1, 0.15) is 11.5 Å². The van der Waals surface area contributed by atoms with Crippen molar-refractivity contribution in [2.45, 2.75) is 32.2 Å². The molecule has 1 saturated heterocycles. The largest absolute Gasteiger partial charge is 0.497 e.